The van der Waals surface area contributed by atoms with E-state index in [4.69, 9.17) is 35.0 Å². The number of rotatable bonds is 28. The number of anilines is 2. The Balaban J connectivity index is 0.885. The second-order valence-corrected chi connectivity index (χ2v) is 30.0. The fourth-order valence-electron chi connectivity index (χ4n) is 10.1. The monoisotopic (exact) mass is 1350 g/mol. The molecule has 3 aliphatic rings. The molecule has 9 N–H and O–H groups in total. The van der Waals surface area contributed by atoms with Gasteiger partial charge in [0, 0.05) is 94.6 Å². The van der Waals surface area contributed by atoms with Crippen LogP contribution in [0.3, 0.4) is 0 Å². The molecule has 87 heavy (non-hydrogen) atoms. The summed E-state index contributed by atoms with van der Waals surface area (Å²) in [5, 5.41) is 6.30. The van der Waals surface area contributed by atoms with Gasteiger partial charge < -0.3 is 54.1 Å². The smallest absolute Gasteiger partial charge is 0.490 e. The molecule has 5 atom stereocenters. The van der Waals surface area contributed by atoms with E-state index in [0.717, 1.165) is 39.3 Å². The zero-order valence-electron chi connectivity index (χ0n) is 47.1. The van der Waals surface area contributed by atoms with Gasteiger partial charge in [-0.15, -0.1) is 0 Å². The van der Waals surface area contributed by atoms with Gasteiger partial charge in [-0.3, -0.25) is 23.4 Å². The van der Waals surface area contributed by atoms with Crippen LogP contribution in [0.15, 0.2) is 87.8 Å². The molecule has 0 spiro atoms. The van der Waals surface area contributed by atoms with E-state index in [2.05, 4.69) is 60.0 Å². The molecule has 2 aromatic heterocycles. The number of nitrogen functional groups attached to an aromatic ring is 1. The normalized spacial score (nSPS) is 20.0. The third kappa shape index (κ3) is 17.5. The van der Waals surface area contributed by atoms with E-state index in [1.807, 2.05) is 52.8 Å². The molecule has 5 unspecified atom stereocenters. The SMILES string of the molecule is CCN1C(=C/C=C/C2=[N+](CCCCCC(=O)NSSCCC(=O)NCC#Cc3cn(C4CC(OCN=[N+]=[N-])C(COP(=O)(O)OP(=O)(O)OP(=O)(O)O)O4)c4ncnc(N)c34)c3ccc(S(=O)(=O)[O-])cc3C2(C)C)C(C)(C)c2cc(S(=O)(=O)O)ccc21. The van der Waals surface area contributed by atoms with Gasteiger partial charge >= 0.3 is 23.5 Å². The number of likely N-dealkylation sites (N-methyl/N-ethyl adjacent to an activating group) is 1. The fourth-order valence-corrected chi connectivity index (χ4v) is 15.7. The summed E-state index contributed by atoms with van der Waals surface area (Å²) in [5.41, 5.74) is 18.8. The van der Waals surface area contributed by atoms with Gasteiger partial charge in [0.05, 0.1) is 45.4 Å². The predicted molar refractivity (Wildman–Crippen MR) is 317 cm³/mol. The van der Waals surface area contributed by atoms with Crippen molar-refractivity contribution in [2.75, 3.05) is 49.4 Å². The van der Waals surface area contributed by atoms with E-state index >= 15 is 0 Å². The summed E-state index contributed by atoms with van der Waals surface area (Å²) < 4.78 is 136. The third-order valence-corrected chi connectivity index (χ3v) is 21.4. The number of benzene rings is 2. The van der Waals surface area contributed by atoms with Crippen LogP contribution in [0.5, 0.6) is 0 Å². The molecular formula is C49H62N11O20P3S4. The summed E-state index contributed by atoms with van der Waals surface area (Å²) in [6.45, 7) is 9.38. The van der Waals surface area contributed by atoms with Gasteiger partial charge in [-0.05, 0) is 81.1 Å². The van der Waals surface area contributed by atoms with Gasteiger partial charge in [-0.1, -0.05) is 47.7 Å². The van der Waals surface area contributed by atoms with E-state index < -0.39 is 86.3 Å². The number of carbonyl (C=O) groups excluding carboxylic acids is 2. The van der Waals surface area contributed by atoms with Crippen LogP contribution in [0.4, 0.5) is 17.2 Å². The van der Waals surface area contributed by atoms with Crippen LogP contribution in [0.1, 0.15) is 96.1 Å². The zero-order valence-corrected chi connectivity index (χ0v) is 53.0. The lowest BCUT2D eigenvalue weighted by molar-refractivity contribution is -0.438. The molecule has 0 aliphatic carbocycles. The molecule has 472 valence electrons. The van der Waals surface area contributed by atoms with Gasteiger partial charge in [0.2, 0.25) is 17.5 Å². The average Bonchev–Trinajstić information content (AvgIpc) is 1.62. The highest BCUT2D eigenvalue weighted by Gasteiger charge is 2.46. The summed E-state index contributed by atoms with van der Waals surface area (Å²) in [7, 11) is -23.9. The standard InChI is InChI=1S/C49H62N11O20P3S4/c1-6-58-36-18-16-32(86(70,71)72)24-34(36)48(2,3)40(58)13-10-14-41-49(4,5)35-25-33(87(73,74)75)17-19-37(35)59(41)22-9-7-8-15-43(62)56-85-84-23-20-42(61)52-21-11-12-31-27-60(47-45(31)46(50)53-29-54-47)44-26-38(76-30-55-57-51)39(78-44)28-77-82(66,67)80-83(68,69)79-81(63,64)65/h10,13-14,16-19,24-25,27,29,38-39,44H,6-9,15,20-23,26,28,30H2,1-5H3,(H9-,50,52,53,54,56,61,62,63,64,65,66,67,68,69,70,71,72,73,74,75). The Bertz CT molecular complexity index is 3920. The van der Waals surface area contributed by atoms with E-state index in [1.54, 1.807) is 12.1 Å². The van der Waals surface area contributed by atoms with Crippen molar-refractivity contribution in [2.45, 2.75) is 112 Å². The van der Waals surface area contributed by atoms with E-state index in [0.29, 0.717) is 54.6 Å². The second kappa shape index (κ2) is 28.1. The van der Waals surface area contributed by atoms with Crippen LogP contribution in [0.25, 0.3) is 21.5 Å². The van der Waals surface area contributed by atoms with Crippen LogP contribution in [0.2, 0.25) is 0 Å². The van der Waals surface area contributed by atoms with E-state index in [-0.39, 0.29) is 58.9 Å². The van der Waals surface area contributed by atoms with Crippen molar-refractivity contribution in [3.8, 4) is 11.8 Å². The highest BCUT2D eigenvalue weighted by Crippen LogP contribution is 2.66. The maximum atomic E-state index is 12.8. The van der Waals surface area contributed by atoms with Crippen molar-refractivity contribution in [3.05, 3.63) is 100.0 Å². The van der Waals surface area contributed by atoms with Gasteiger partial charge in [0.25, 0.3) is 10.1 Å². The Morgan fingerprint density at radius 1 is 1.00 bits per heavy atom. The summed E-state index contributed by atoms with van der Waals surface area (Å²) in [6, 6.07) is 8.88. The molecule has 0 radical (unpaired) electrons. The number of aromatic nitrogens is 3. The minimum absolute atomic E-state index is 0.0285. The third-order valence-electron chi connectivity index (χ3n) is 14.0. The van der Waals surface area contributed by atoms with Crippen molar-refractivity contribution >= 4 is 111 Å². The molecule has 38 heteroatoms. The highest BCUT2D eigenvalue weighted by molar-refractivity contribution is 8.76. The van der Waals surface area contributed by atoms with Crippen molar-refractivity contribution < 1.29 is 96.0 Å². The Labute approximate surface area is 507 Å². The summed E-state index contributed by atoms with van der Waals surface area (Å²) in [4.78, 5) is 75.2. The minimum Gasteiger partial charge on any atom is -0.744 e. The number of nitrogens with zero attached hydrogens (tertiary/aromatic N) is 8. The number of phosphoric ester groups is 1. The van der Waals surface area contributed by atoms with Crippen LogP contribution < -0.4 is 20.7 Å². The maximum absolute atomic E-state index is 12.8. The Hall–Kier alpha value is -5.53. The molecule has 1 fully saturated rings. The predicted octanol–water partition coefficient (Wildman–Crippen LogP) is 6.61. The van der Waals surface area contributed by atoms with Gasteiger partial charge in [-0.2, -0.15) is 21.6 Å². The van der Waals surface area contributed by atoms with E-state index in [1.165, 1.54) is 52.2 Å². The number of carbonyl (C=O) groups is 2. The number of fused-ring (bicyclic) bond motifs is 3. The largest absolute Gasteiger partial charge is 0.744 e. The number of phosphoric acid groups is 3. The first-order valence-electron chi connectivity index (χ1n) is 26.2. The molecule has 2 amide bonds. The number of allylic oxidation sites excluding steroid dienone is 4. The topological polar surface area (TPSA) is 460 Å². The number of azide groups is 1. The molecule has 4 aromatic rings. The quantitative estimate of drug-likeness (QED) is 0.00283. The van der Waals surface area contributed by atoms with Crippen LogP contribution in [-0.4, -0.2) is 133 Å². The first-order valence-corrected chi connectivity index (χ1v) is 35.9. The Kier molecular flexibility index (Phi) is 22.3. The first-order chi connectivity index (χ1) is 40.7. The molecule has 7 rings (SSSR count). The molecule has 2 aromatic carbocycles. The van der Waals surface area contributed by atoms with E-state index in [9.17, 15) is 59.0 Å². The number of hydrogen-bond donors (Lipinski definition) is 8. The lowest BCUT2D eigenvalue weighted by atomic mass is 9.81. The van der Waals surface area contributed by atoms with Gasteiger partial charge in [0.1, 0.15) is 53.5 Å². The summed E-state index contributed by atoms with van der Waals surface area (Å²) in [5.74, 6) is 5.58. The van der Waals surface area contributed by atoms with Crippen molar-refractivity contribution in [1.29, 1.82) is 0 Å². The minimum atomic E-state index is -5.82. The summed E-state index contributed by atoms with van der Waals surface area (Å²) in [6.07, 6.45) is 7.29. The number of unbranched alkanes of at least 4 members (excludes halogenated alkanes) is 2. The molecule has 0 saturated carbocycles. The van der Waals surface area contributed by atoms with Crippen LogP contribution >= 0.6 is 45.2 Å². The van der Waals surface area contributed by atoms with Crippen LogP contribution in [0, 0.1) is 11.8 Å². The van der Waals surface area contributed by atoms with Gasteiger partial charge in [0.15, 0.2) is 5.71 Å². The lowest BCUT2D eigenvalue weighted by Crippen LogP contribution is -2.29. The molecule has 5 heterocycles. The first kappa shape index (κ1) is 69.0. The highest BCUT2D eigenvalue weighted by atomic mass is 33.1. The molecular weight excluding hydrogens is 1280 g/mol. The number of hydrogen-bond acceptors (Lipinski definition) is 22. The Morgan fingerprint density at radius 2 is 1.72 bits per heavy atom. The zero-order chi connectivity index (χ0) is 63.9. The van der Waals surface area contributed by atoms with Crippen LogP contribution in [-0.2, 0) is 77.0 Å². The van der Waals surface area contributed by atoms with Crippen molar-refractivity contribution in [1.82, 2.24) is 24.6 Å². The van der Waals surface area contributed by atoms with Gasteiger partial charge in [-0.25, -0.2) is 32.1 Å². The average molecular weight is 1350 g/mol. The summed E-state index contributed by atoms with van der Waals surface area (Å²) >= 11 is 0. The molecule has 1 saturated heterocycles. The fraction of sp³-hybridized carbons (Fsp3) is 0.449. The molecule has 3 aliphatic heterocycles. The lowest BCUT2D eigenvalue weighted by Gasteiger charge is -2.25. The number of nitrogens with two attached hydrogens (primary N) is 1. The Morgan fingerprint density at radius 3 is 2.41 bits per heavy atom. The maximum Gasteiger partial charge on any atom is 0.490 e. The van der Waals surface area contributed by atoms with Crippen molar-refractivity contribution in [2.24, 2.45) is 5.11 Å². The number of ether oxygens (including phenoxy) is 2. The number of amides is 2. The molecule has 0 bridgehead atoms. The second-order valence-electron chi connectivity index (χ2n) is 20.5. The number of nitrogens with one attached hydrogen (secondary N) is 2. The molecule has 31 nitrogen and oxygen atoms in total. The van der Waals surface area contributed by atoms with Crippen molar-refractivity contribution in [3.63, 3.8) is 0 Å².